The van der Waals surface area contributed by atoms with Crippen molar-refractivity contribution in [2.45, 2.75) is 32.7 Å². The van der Waals surface area contributed by atoms with Crippen molar-refractivity contribution in [1.82, 2.24) is 0 Å². The van der Waals surface area contributed by atoms with E-state index >= 15 is 0 Å². The van der Waals surface area contributed by atoms with E-state index in [1.807, 2.05) is 18.2 Å². The smallest absolute Gasteiger partial charge is 0.241 e. The molecule has 1 atom stereocenters. The molecule has 18 heavy (non-hydrogen) atoms. The van der Waals surface area contributed by atoms with Gasteiger partial charge in [0, 0.05) is 12.1 Å². The summed E-state index contributed by atoms with van der Waals surface area (Å²) in [7, 11) is 0. The third-order valence-corrected chi connectivity index (χ3v) is 3.02. The molecule has 0 aromatic heterocycles. The summed E-state index contributed by atoms with van der Waals surface area (Å²) in [5.74, 6) is 1.21. The Morgan fingerprint density at radius 1 is 1.50 bits per heavy atom. The third-order valence-electron chi connectivity index (χ3n) is 3.02. The summed E-state index contributed by atoms with van der Waals surface area (Å²) < 4.78 is 5.42. The predicted molar refractivity (Wildman–Crippen MR) is 71.7 cm³/mol. The van der Waals surface area contributed by atoms with Crippen LogP contribution in [0.1, 0.15) is 25.8 Å². The van der Waals surface area contributed by atoms with Gasteiger partial charge in [0.2, 0.25) is 5.91 Å². The van der Waals surface area contributed by atoms with Crippen molar-refractivity contribution in [2.24, 2.45) is 11.7 Å². The molecule has 3 N–H and O–H groups in total. The largest absolute Gasteiger partial charge is 0.493 e. The summed E-state index contributed by atoms with van der Waals surface area (Å²) >= 11 is 0. The highest BCUT2D eigenvalue weighted by Gasteiger charge is 2.17. The Balaban J connectivity index is 1.99. The number of carbonyl (C=O) groups excluding carboxylic acids is 1. The van der Waals surface area contributed by atoms with Crippen molar-refractivity contribution in [3.05, 3.63) is 23.8 Å². The Morgan fingerprint density at radius 2 is 2.28 bits per heavy atom. The van der Waals surface area contributed by atoms with Gasteiger partial charge in [0.1, 0.15) is 5.75 Å². The van der Waals surface area contributed by atoms with E-state index < -0.39 is 6.04 Å². The van der Waals surface area contributed by atoms with Gasteiger partial charge in [-0.05, 0) is 36.1 Å². The average molecular weight is 248 g/mol. The first-order valence-electron chi connectivity index (χ1n) is 6.38. The fourth-order valence-corrected chi connectivity index (χ4v) is 2.11. The van der Waals surface area contributed by atoms with Crippen molar-refractivity contribution in [2.75, 3.05) is 11.9 Å². The number of anilines is 1. The fraction of sp³-hybridized carbons (Fsp3) is 0.500. The van der Waals surface area contributed by atoms with Crippen molar-refractivity contribution < 1.29 is 9.53 Å². The first kappa shape index (κ1) is 12.9. The number of benzene rings is 1. The van der Waals surface area contributed by atoms with Crippen LogP contribution in [0.2, 0.25) is 0 Å². The van der Waals surface area contributed by atoms with Gasteiger partial charge in [0.05, 0.1) is 12.6 Å². The zero-order valence-electron chi connectivity index (χ0n) is 10.9. The maximum absolute atomic E-state index is 11.9. The lowest BCUT2D eigenvalue weighted by atomic mass is 10.0. The molecular formula is C14H20N2O2. The topological polar surface area (TPSA) is 64.4 Å². The normalized spacial score (nSPS) is 15.1. The lowest BCUT2D eigenvalue weighted by Gasteiger charge is -2.14. The molecular weight excluding hydrogens is 228 g/mol. The van der Waals surface area contributed by atoms with Crippen LogP contribution >= 0.6 is 0 Å². The highest BCUT2D eigenvalue weighted by atomic mass is 16.5. The van der Waals surface area contributed by atoms with Crippen LogP contribution in [-0.4, -0.2) is 18.6 Å². The standard InChI is InChI=1S/C14H20N2O2/c1-9(2)7-12(15)14(17)16-11-3-4-13-10(8-11)5-6-18-13/h3-4,8-9,12H,5-7,15H2,1-2H3,(H,16,17). The Morgan fingerprint density at radius 3 is 3.00 bits per heavy atom. The first-order valence-corrected chi connectivity index (χ1v) is 6.38. The maximum atomic E-state index is 11.9. The van der Waals surface area contributed by atoms with E-state index in [0.717, 1.165) is 30.0 Å². The lowest BCUT2D eigenvalue weighted by Crippen LogP contribution is -2.36. The lowest BCUT2D eigenvalue weighted by molar-refractivity contribution is -0.117. The van der Waals surface area contributed by atoms with Crippen LogP contribution in [0.15, 0.2) is 18.2 Å². The number of hydrogen-bond donors (Lipinski definition) is 2. The summed E-state index contributed by atoms with van der Waals surface area (Å²) in [5.41, 5.74) is 7.78. The van der Waals surface area contributed by atoms with Gasteiger partial charge in [-0.15, -0.1) is 0 Å². The Labute approximate surface area is 108 Å². The second-order valence-electron chi connectivity index (χ2n) is 5.15. The van der Waals surface area contributed by atoms with E-state index in [2.05, 4.69) is 19.2 Å². The van der Waals surface area contributed by atoms with Crippen molar-refractivity contribution in [3.63, 3.8) is 0 Å². The van der Waals surface area contributed by atoms with Crippen molar-refractivity contribution in [1.29, 1.82) is 0 Å². The van der Waals surface area contributed by atoms with Gasteiger partial charge in [0.25, 0.3) is 0 Å². The van der Waals surface area contributed by atoms with E-state index in [4.69, 9.17) is 10.5 Å². The molecule has 1 aromatic carbocycles. The predicted octanol–water partition coefficient (Wildman–Crippen LogP) is 1.93. The van der Waals surface area contributed by atoms with Crippen molar-refractivity contribution >= 4 is 11.6 Å². The molecule has 0 saturated carbocycles. The number of hydrogen-bond acceptors (Lipinski definition) is 3. The minimum absolute atomic E-state index is 0.123. The number of rotatable bonds is 4. The van der Waals surface area contributed by atoms with Gasteiger partial charge in [-0.25, -0.2) is 0 Å². The van der Waals surface area contributed by atoms with Crippen LogP contribution < -0.4 is 15.8 Å². The second kappa shape index (κ2) is 5.40. The Bertz CT molecular complexity index is 443. The van der Waals surface area contributed by atoms with E-state index in [0.29, 0.717) is 12.3 Å². The SMILES string of the molecule is CC(C)CC(N)C(=O)Nc1ccc2c(c1)CCO2. The number of fused-ring (bicyclic) bond motifs is 1. The second-order valence-corrected chi connectivity index (χ2v) is 5.15. The molecule has 1 heterocycles. The molecule has 0 bridgehead atoms. The van der Waals surface area contributed by atoms with Gasteiger partial charge >= 0.3 is 0 Å². The average Bonchev–Trinajstić information content (AvgIpc) is 2.75. The van der Waals surface area contributed by atoms with Gasteiger partial charge in [-0.1, -0.05) is 13.8 Å². The molecule has 1 aromatic rings. The third kappa shape index (κ3) is 3.01. The molecule has 1 unspecified atom stereocenters. The van der Waals surface area contributed by atoms with E-state index in [-0.39, 0.29) is 5.91 Å². The van der Waals surface area contributed by atoms with Crippen LogP contribution in [0.4, 0.5) is 5.69 Å². The number of ether oxygens (including phenoxy) is 1. The molecule has 0 radical (unpaired) electrons. The zero-order valence-corrected chi connectivity index (χ0v) is 10.9. The van der Waals surface area contributed by atoms with E-state index in [1.54, 1.807) is 0 Å². The Hall–Kier alpha value is -1.55. The number of carbonyl (C=O) groups is 1. The van der Waals surface area contributed by atoms with Crippen LogP contribution in [0.25, 0.3) is 0 Å². The molecule has 98 valence electrons. The molecule has 1 aliphatic heterocycles. The molecule has 1 amide bonds. The summed E-state index contributed by atoms with van der Waals surface area (Å²) in [6.07, 6.45) is 1.59. The molecule has 0 aliphatic carbocycles. The van der Waals surface area contributed by atoms with E-state index in [1.165, 1.54) is 0 Å². The summed E-state index contributed by atoms with van der Waals surface area (Å²) in [6, 6.07) is 5.26. The molecule has 2 rings (SSSR count). The quantitative estimate of drug-likeness (QED) is 0.855. The molecule has 0 fully saturated rings. The van der Waals surface area contributed by atoms with Gasteiger partial charge < -0.3 is 15.8 Å². The van der Waals surface area contributed by atoms with Crippen LogP contribution in [0.5, 0.6) is 5.75 Å². The molecule has 1 aliphatic rings. The zero-order chi connectivity index (χ0) is 13.1. The van der Waals surface area contributed by atoms with Crippen LogP contribution in [0.3, 0.4) is 0 Å². The summed E-state index contributed by atoms with van der Waals surface area (Å²) in [5, 5.41) is 2.86. The van der Waals surface area contributed by atoms with Crippen LogP contribution in [-0.2, 0) is 11.2 Å². The fourth-order valence-electron chi connectivity index (χ4n) is 2.11. The number of nitrogens with one attached hydrogen (secondary N) is 1. The maximum Gasteiger partial charge on any atom is 0.241 e. The molecule has 4 heteroatoms. The van der Waals surface area contributed by atoms with E-state index in [9.17, 15) is 4.79 Å². The summed E-state index contributed by atoms with van der Waals surface area (Å²) in [6.45, 7) is 4.83. The number of amides is 1. The first-order chi connectivity index (χ1) is 8.56. The Kier molecular flexibility index (Phi) is 3.87. The number of nitrogens with two attached hydrogens (primary N) is 1. The molecule has 0 saturated heterocycles. The monoisotopic (exact) mass is 248 g/mol. The molecule has 4 nitrogen and oxygen atoms in total. The highest BCUT2D eigenvalue weighted by molar-refractivity contribution is 5.94. The van der Waals surface area contributed by atoms with Gasteiger partial charge in [0.15, 0.2) is 0 Å². The summed E-state index contributed by atoms with van der Waals surface area (Å²) in [4.78, 5) is 11.9. The van der Waals surface area contributed by atoms with Crippen molar-refractivity contribution in [3.8, 4) is 5.75 Å². The molecule has 0 spiro atoms. The van der Waals surface area contributed by atoms with Gasteiger partial charge in [-0.3, -0.25) is 4.79 Å². The van der Waals surface area contributed by atoms with Crippen LogP contribution in [0, 0.1) is 5.92 Å². The minimum Gasteiger partial charge on any atom is -0.493 e. The minimum atomic E-state index is -0.450. The van der Waals surface area contributed by atoms with Gasteiger partial charge in [-0.2, -0.15) is 0 Å². The highest BCUT2D eigenvalue weighted by Crippen LogP contribution is 2.27.